The second-order valence-electron chi connectivity index (χ2n) is 5.68. The quantitative estimate of drug-likeness (QED) is 0.796. The normalized spacial score (nSPS) is 27.1. The molecule has 0 N–H and O–H groups in total. The number of esters is 1. The molecule has 1 fully saturated rings. The first-order valence-electron chi connectivity index (χ1n) is 7.06. The zero-order valence-corrected chi connectivity index (χ0v) is 12.6. The van der Waals surface area contributed by atoms with Gasteiger partial charge in [0, 0.05) is 18.5 Å². The summed E-state index contributed by atoms with van der Waals surface area (Å²) >= 11 is 0. The molecule has 1 aromatic carbocycles. The number of hydrogen-bond donors (Lipinski definition) is 0. The van der Waals surface area contributed by atoms with Crippen LogP contribution in [0.3, 0.4) is 0 Å². The standard InChI is InChI=1S/C16H23NO3/c1-11-10-17(3)12(2)8-15(11)20-16(18)13-6-5-7-14(9-13)19-4/h5-7,9,11-12,15H,8,10H2,1-4H3/t11-,12-,15+/m1/s1. The van der Waals surface area contributed by atoms with E-state index >= 15 is 0 Å². The number of carbonyl (C=O) groups is 1. The lowest BCUT2D eigenvalue weighted by Gasteiger charge is -2.39. The first kappa shape index (κ1) is 14.9. The van der Waals surface area contributed by atoms with Gasteiger partial charge in [0.05, 0.1) is 12.7 Å². The molecule has 1 saturated heterocycles. The highest BCUT2D eigenvalue weighted by molar-refractivity contribution is 5.90. The molecule has 0 saturated carbocycles. The van der Waals surface area contributed by atoms with Gasteiger partial charge in [0.2, 0.25) is 0 Å². The van der Waals surface area contributed by atoms with Crippen LogP contribution in [-0.4, -0.2) is 43.7 Å². The van der Waals surface area contributed by atoms with Crippen molar-refractivity contribution in [3.05, 3.63) is 29.8 Å². The second-order valence-corrected chi connectivity index (χ2v) is 5.68. The number of methoxy groups -OCH3 is 1. The van der Waals surface area contributed by atoms with Crippen LogP contribution in [-0.2, 0) is 4.74 Å². The van der Waals surface area contributed by atoms with E-state index in [4.69, 9.17) is 9.47 Å². The van der Waals surface area contributed by atoms with Gasteiger partial charge >= 0.3 is 5.97 Å². The number of ether oxygens (including phenoxy) is 2. The monoisotopic (exact) mass is 277 g/mol. The van der Waals surface area contributed by atoms with Crippen LogP contribution in [0.1, 0.15) is 30.6 Å². The van der Waals surface area contributed by atoms with E-state index in [9.17, 15) is 4.79 Å². The Balaban J connectivity index is 2.03. The van der Waals surface area contributed by atoms with Gasteiger partial charge in [-0.15, -0.1) is 0 Å². The fraction of sp³-hybridized carbons (Fsp3) is 0.562. The molecule has 1 aliphatic heterocycles. The summed E-state index contributed by atoms with van der Waals surface area (Å²) in [5, 5.41) is 0. The van der Waals surface area contributed by atoms with Crippen molar-refractivity contribution in [1.82, 2.24) is 4.90 Å². The van der Waals surface area contributed by atoms with E-state index in [-0.39, 0.29) is 12.1 Å². The SMILES string of the molecule is COc1cccc(C(=O)O[C@H]2C[C@@H](C)N(C)C[C@H]2C)c1. The van der Waals surface area contributed by atoms with E-state index in [2.05, 4.69) is 25.8 Å². The van der Waals surface area contributed by atoms with Crippen LogP contribution in [0.2, 0.25) is 0 Å². The predicted molar refractivity (Wildman–Crippen MR) is 78.1 cm³/mol. The van der Waals surface area contributed by atoms with Crippen LogP contribution >= 0.6 is 0 Å². The van der Waals surface area contributed by atoms with Crippen molar-refractivity contribution in [3.63, 3.8) is 0 Å². The predicted octanol–water partition coefficient (Wildman–Crippen LogP) is 2.58. The highest BCUT2D eigenvalue weighted by Gasteiger charge is 2.31. The number of nitrogens with zero attached hydrogens (tertiary/aromatic N) is 1. The molecule has 20 heavy (non-hydrogen) atoms. The van der Waals surface area contributed by atoms with Gasteiger partial charge in [0.1, 0.15) is 11.9 Å². The lowest BCUT2D eigenvalue weighted by molar-refractivity contribution is -0.0196. The smallest absolute Gasteiger partial charge is 0.338 e. The van der Waals surface area contributed by atoms with Crippen LogP contribution in [0.5, 0.6) is 5.75 Å². The van der Waals surface area contributed by atoms with Gasteiger partial charge in [-0.2, -0.15) is 0 Å². The molecule has 4 heteroatoms. The Morgan fingerprint density at radius 2 is 2.10 bits per heavy atom. The molecule has 4 nitrogen and oxygen atoms in total. The Kier molecular flexibility index (Phi) is 4.65. The summed E-state index contributed by atoms with van der Waals surface area (Å²) < 4.78 is 10.8. The van der Waals surface area contributed by atoms with E-state index in [0.717, 1.165) is 13.0 Å². The Morgan fingerprint density at radius 3 is 2.80 bits per heavy atom. The number of likely N-dealkylation sites (tertiary alicyclic amines) is 1. The van der Waals surface area contributed by atoms with Crippen molar-refractivity contribution < 1.29 is 14.3 Å². The fourth-order valence-electron chi connectivity index (χ4n) is 2.62. The molecule has 0 unspecified atom stereocenters. The van der Waals surface area contributed by atoms with Crippen LogP contribution in [0.25, 0.3) is 0 Å². The van der Waals surface area contributed by atoms with Crippen molar-refractivity contribution in [2.24, 2.45) is 5.92 Å². The topological polar surface area (TPSA) is 38.8 Å². The molecule has 1 aromatic rings. The summed E-state index contributed by atoms with van der Waals surface area (Å²) in [7, 11) is 3.70. The van der Waals surface area contributed by atoms with E-state index in [1.54, 1.807) is 25.3 Å². The highest BCUT2D eigenvalue weighted by atomic mass is 16.5. The summed E-state index contributed by atoms with van der Waals surface area (Å²) in [6.45, 7) is 5.25. The van der Waals surface area contributed by atoms with Crippen LogP contribution in [0.4, 0.5) is 0 Å². The molecular formula is C16H23NO3. The third kappa shape index (κ3) is 3.31. The molecule has 0 bridgehead atoms. The third-order valence-electron chi connectivity index (χ3n) is 4.10. The van der Waals surface area contributed by atoms with Gasteiger partial charge in [-0.1, -0.05) is 13.0 Å². The van der Waals surface area contributed by atoms with E-state index in [1.807, 2.05) is 6.07 Å². The van der Waals surface area contributed by atoms with Crippen LogP contribution in [0.15, 0.2) is 24.3 Å². The summed E-state index contributed by atoms with van der Waals surface area (Å²) in [4.78, 5) is 14.5. The van der Waals surface area contributed by atoms with Crippen LogP contribution in [0, 0.1) is 5.92 Å². The fourth-order valence-corrected chi connectivity index (χ4v) is 2.62. The molecule has 0 spiro atoms. The number of piperidine rings is 1. The maximum atomic E-state index is 12.2. The molecule has 1 heterocycles. The third-order valence-corrected chi connectivity index (χ3v) is 4.10. The number of hydrogen-bond acceptors (Lipinski definition) is 4. The molecule has 110 valence electrons. The highest BCUT2D eigenvalue weighted by Crippen LogP contribution is 2.25. The Hall–Kier alpha value is -1.55. The molecule has 0 aromatic heterocycles. The Morgan fingerprint density at radius 1 is 1.35 bits per heavy atom. The zero-order chi connectivity index (χ0) is 14.7. The lowest BCUT2D eigenvalue weighted by atomic mass is 9.92. The number of carbonyl (C=O) groups excluding carboxylic acids is 1. The lowest BCUT2D eigenvalue weighted by Crippen LogP contribution is -2.46. The molecular weight excluding hydrogens is 254 g/mol. The first-order chi connectivity index (χ1) is 9.51. The van der Waals surface area contributed by atoms with Crippen molar-refractivity contribution in [3.8, 4) is 5.75 Å². The summed E-state index contributed by atoms with van der Waals surface area (Å²) in [5.74, 6) is 0.757. The zero-order valence-electron chi connectivity index (χ0n) is 12.6. The largest absolute Gasteiger partial charge is 0.497 e. The molecule has 0 aliphatic carbocycles. The van der Waals surface area contributed by atoms with E-state index in [1.165, 1.54) is 0 Å². The minimum atomic E-state index is -0.266. The Bertz CT molecular complexity index is 475. The molecule has 2 rings (SSSR count). The van der Waals surface area contributed by atoms with Crippen LogP contribution < -0.4 is 4.74 Å². The van der Waals surface area contributed by atoms with Gasteiger partial charge in [0.15, 0.2) is 0 Å². The van der Waals surface area contributed by atoms with Gasteiger partial charge in [-0.05, 0) is 38.6 Å². The van der Waals surface area contributed by atoms with Crippen molar-refractivity contribution in [2.45, 2.75) is 32.4 Å². The van der Waals surface area contributed by atoms with Crippen molar-refractivity contribution in [1.29, 1.82) is 0 Å². The van der Waals surface area contributed by atoms with Crippen molar-refractivity contribution >= 4 is 5.97 Å². The van der Waals surface area contributed by atoms with E-state index in [0.29, 0.717) is 23.3 Å². The molecule has 3 atom stereocenters. The second kappa shape index (κ2) is 6.27. The van der Waals surface area contributed by atoms with Gasteiger partial charge < -0.3 is 14.4 Å². The minimum Gasteiger partial charge on any atom is -0.497 e. The average Bonchev–Trinajstić information content (AvgIpc) is 2.44. The number of benzene rings is 1. The van der Waals surface area contributed by atoms with Gasteiger partial charge in [-0.3, -0.25) is 0 Å². The summed E-state index contributed by atoms with van der Waals surface area (Å²) in [5.41, 5.74) is 0.545. The maximum Gasteiger partial charge on any atom is 0.338 e. The summed E-state index contributed by atoms with van der Waals surface area (Å²) in [6, 6.07) is 7.53. The summed E-state index contributed by atoms with van der Waals surface area (Å²) in [6.07, 6.45) is 0.868. The van der Waals surface area contributed by atoms with Gasteiger partial charge in [0.25, 0.3) is 0 Å². The minimum absolute atomic E-state index is 0.0140. The molecule has 0 radical (unpaired) electrons. The molecule has 0 amide bonds. The average molecular weight is 277 g/mol. The Labute approximate surface area is 120 Å². The van der Waals surface area contributed by atoms with E-state index < -0.39 is 0 Å². The first-order valence-corrected chi connectivity index (χ1v) is 7.06. The van der Waals surface area contributed by atoms with Crippen molar-refractivity contribution in [2.75, 3.05) is 20.7 Å². The number of rotatable bonds is 3. The maximum absolute atomic E-state index is 12.2. The van der Waals surface area contributed by atoms with Gasteiger partial charge in [-0.25, -0.2) is 4.79 Å². The molecule has 1 aliphatic rings.